The summed E-state index contributed by atoms with van der Waals surface area (Å²) >= 11 is 0. The summed E-state index contributed by atoms with van der Waals surface area (Å²) in [5, 5.41) is 10.6. The van der Waals surface area contributed by atoms with Crippen molar-refractivity contribution in [1.29, 1.82) is 0 Å². The molecule has 1 aliphatic heterocycles. The molecule has 1 saturated heterocycles. The first-order chi connectivity index (χ1) is 12.7. The summed E-state index contributed by atoms with van der Waals surface area (Å²) in [7, 11) is 1.89. The van der Waals surface area contributed by atoms with Crippen molar-refractivity contribution in [3.63, 3.8) is 0 Å². The van der Waals surface area contributed by atoms with Gasteiger partial charge in [0.2, 0.25) is 0 Å². The predicted octanol–water partition coefficient (Wildman–Crippen LogP) is 0.403. The molecule has 3 aromatic heterocycles. The van der Waals surface area contributed by atoms with E-state index >= 15 is 0 Å². The highest BCUT2D eigenvalue weighted by Crippen LogP contribution is 2.12. The van der Waals surface area contributed by atoms with Gasteiger partial charge in [-0.2, -0.15) is 5.10 Å². The molecule has 1 amide bonds. The Bertz CT molecular complexity index is 907. The number of aromatic nitrogens is 4. The van der Waals surface area contributed by atoms with Gasteiger partial charge in [-0.3, -0.25) is 14.4 Å². The average molecular weight is 353 g/mol. The Labute approximate surface area is 151 Å². The summed E-state index contributed by atoms with van der Waals surface area (Å²) in [4.78, 5) is 19.3. The van der Waals surface area contributed by atoms with Gasteiger partial charge in [-0.1, -0.05) is 0 Å². The molecule has 3 aromatic rings. The van der Waals surface area contributed by atoms with Gasteiger partial charge in [0.05, 0.1) is 17.5 Å². The maximum absolute atomic E-state index is 12.7. The quantitative estimate of drug-likeness (QED) is 0.694. The lowest BCUT2D eigenvalue weighted by atomic mass is 10.2. The number of fused-ring (bicyclic) bond motifs is 1. The van der Waals surface area contributed by atoms with Crippen LogP contribution >= 0.6 is 0 Å². The van der Waals surface area contributed by atoms with E-state index < -0.39 is 0 Å². The van der Waals surface area contributed by atoms with Crippen molar-refractivity contribution < 1.29 is 4.79 Å². The number of piperazine rings is 1. The molecule has 8 heteroatoms. The maximum atomic E-state index is 12.7. The van der Waals surface area contributed by atoms with Crippen LogP contribution in [0, 0.1) is 0 Å². The second-order valence-electron chi connectivity index (χ2n) is 6.57. The molecule has 0 radical (unpaired) electrons. The monoisotopic (exact) mass is 353 g/mol. The van der Waals surface area contributed by atoms with Crippen LogP contribution in [-0.2, 0) is 20.1 Å². The number of hydrogen-bond donors (Lipinski definition) is 2. The molecule has 1 aliphatic rings. The SMILES string of the molecule is Cn1ncc(C(=O)NCc2ccn3ccnc3c2)c1CN1CCNCC1. The van der Waals surface area contributed by atoms with Crippen molar-refractivity contribution in [2.24, 2.45) is 7.05 Å². The van der Waals surface area contributed by atoms with Crippen molar-refractivity contribution in [1.82, 2.24) is 34.7 Å². The van der Waals surface area contributed by atoms with Crippen LogP contribution in [0.5, 0.6) is 0 Å². The van der Waals surface area contributed by atoms with E-state index in [2.05, 4.69) is 25.6 Å². The highest BCUT2D eigenvalue weighted by molar-refractivity contribution is 5.95. The Balaban J connectivity index is 1.44. The first-order valence-corrected chi connectivity index (χ1v) is 8.84. The molecule has 0 atom stereocenters. The number of rotatable bonds is 5. The van der Waals surface area contributed by atoms with Crippen molar-refractivity contribution in [3.05, 3.63) is 53.7 Å². The van der Waals surface area contributed by atoms with Crippen LogP contribution in [0.15, 0.2) is 36.9 Å². The highest BCUT2D eigenvalue weighted by atomic mass is 16.1. The molecule has 136 valence electrons. The molecule has 26 heavy (non-hydrogen) atoms. The number of aryl methyl sites for hydroxylation is 1. The van der Waals surface area contributed by atoms with E-state index in [0.717, 1.165) is 49.6 Å². The minimum absolute atomic E-state index is 0.0913. The molecule has 1 fully saturated rings. The number of nitrogens with zero attached hydrogens (tertiary/aromatic N) is 5. The van der Waals surface area contributed by atoms with Gasteiger partial charge in [-0.25, -0.2) is 4.98 Å². The second-order valence-corrected chi connectivity index (χ2v) is 6.57. The smallest absolute Gasteiger partial charge is 0.255 e. The number of imidazole rings is 1. The average Bonchev–Trinajstić information content (AvgIpc) is 3.27. The lowest BCUT2D eigenvalue weighted by molar-refractivity contribution is 0.0948. The molecule has 2 N–H and O–H groups in total. The standard InChI is InChI=1S/C18H23N7O/c1-23-16(13-24-7-3-19-4-8-24)15(12-22-23)18(26)21-11-14-2-6-25-9-5-20-17(25)10-14/h2,5-6,9-10,12,19H,3-4,7-8,11,13H2,1H3,(H,21,26). The fourth-order valence-electron chi connectivity index (χ4n) is 3.26. The van der Waals surface area contributed by atoms with Gasteiger partial charge in [0.25, 0.3) is 5.91 Å². The Kier molecular flexibility index (Phi) is 4.68. The minimum atomic E-state index is -0.0913. The summed E-state index contributed by atoms with van der Waals surface area (Å²) in [6.45, 7) is 5.13. The van der Waals surface area contributed by atoms with Crippen molar-refractivity contribution in [2.45, 2.75) is 13.1 Å². The van der Waals surface area contributed by atoms with Crippen molar-refractivity contribution >= 4 is 11.6 Å². The summed E-state index contributed by atoms with van der Waals surface area (Å²) in [6.07, 6.45) is 7.26. The first-order valence-electron chi connectivity index (χ1n) is 8.84. The van der Waals surface area contributed by atoms with E-state index in [1.165, 1.54) is 0 Å². The van der Waals surface area contributed by atoms with Gasteiger partial charge in [-0.15, -0.1) is 0 Å². The summed E-state index contributed by atoms with van der Waals surface area (Å²) in [5.41, 5.74) is 3.49. The summed E-state index contributed by atoms with van der Waals surface area (Å²) in [6, 6.07) is 3.96. The molecule has 0 unspecified atom stereocenters. The number of pyridine rings is 1. The largest absolute Gasteiger partial charge is 0.348 e. The zero-order valence-electron chi connectivity index (χ0n) is 14.9. The van der Waals surface area contributed by atoms with Gasteiger partial charge in [0.1, 0.15) is 5.65 Å². The van der Waals surface area contributed by atoms with Gasteiger partial charge in [0.15, 0.2) is 0 Å². The van der Waals surface area contributed by atoms with E-state index in [0.29, 0.717) is 12.1 Å². The number of carbonyl (C=O) groups excluding carboxylic acids is 1. The van der Waals surface area contributed by atoms with Crippen LogP contribution in [0.25, 0.3) is 5.65 Å². The topological polar surface area (TPSA) is 79.5 Å². The summed E-state index contributed by atoms with van der Waals surface area (Å²) < 4.78 is 3.74. The molecule has 8 nitrogen and oxygen atoms in total. The van der Waals surface area contributed by atoms with E-state index in [1.54, 1.807) is 17.1 Å². The first kappa shape index (κ1) is 16.7. The molecule has 0 aliphatic carbocycles. The van der Waals surface area contributed by atoms with Crippen molar-refractivity contribution in [3.8, 4) is 0 Å². The third-order valence-electron chi connectivity index (χ3n) is 4.80. The van der Waals surface area contributed by atoms with E-state index in [-0.39, 0.29) is 5.91 Å². The molecule has 0 aromatic carbocycles. The molecule has 0 bridgehead atoms. The third kappa shape index (κ3) is 3.47. The van der Waals surface area contributed by atoms with Crippen LogP contribution in [0.1, 0.15) is 21.6 Å². The Morgan fingerprint density at radius 2 is 2.15 bits per heavy atom. The number of nitrogens with one attached hydrogen (secondary N) is 2. The van der Waals surface area contributed by atoms with Crippen LogP contribution in [0.3, 0.4) is 0 Å². The predicted molar refractivity (Wildman–Crippen MR) is 97.7 cm³/mol. The molecule has 0 spiro atoms. The van der Waals surface area contributed by atoms with Crippen LogP contribution in [0.2, 0.25) is 0 Å². The lowest BCUT2D eigenvalue weighted by Gasteiger charge is -2.27. The molecular formula is C18H23N7O. The Morgan fingerprint density at radius 1 is 1.31 bits per heavy atom. The van der Waals surface area contributed by atoms with Gasteiger partial charge >= 0.3 is 0 Å². The number of amides is 1. The molecule has 4 rings (SSSR count). The maximum Gasteiger partial charge on any atom is 0.255 e. The lowest BCUT2D eigenvalue weighted by Crippen LogP contribution is -2.43. The number of hydrogen-bond acceptors (Lipinski definition) is 5. The third-order valence-corrected chi connectivity index (χ3v) is 4.80. The second kappa shape index (κ2) is 7.27. The van der Waals surface area contributed by atoms with Crippen LogP contribution in [-0.4, -0.2) is 56.2 Å². The molecule has 4 heterocycles. The van der Waals surface area contributed by atoms with Gasteiger partial charge in [0, 0.05) is 64.9 Å². The minimum Gasteiger partial charge on any atom is -0.348 e. The van der Waals surface area contributed by atoms with Crippen molar-refractivity contribution in [2.75, 3.05) is 26.2 Å². The Hall–Kier alpha value is -2.71. The zero-order chi connectivity index (χ0) is 17.9. The molecule has 0 saturated carbocycles. The zero-order valence-corrected chi connectivity index (χ0v) is 14.9. The van der Waals surface area contributed by atoms with Crippen LogP contribution in [0.4, 0.5) is 0 Å². The molecular weight excluding hydrogens is 330 g/mol. The van der Waals surface area contributed by atoms with Crippen LogP contribution < -0.4 is 10.6 Å². The normalized spacial score (nSPS) is 15.4. The van der Waals surface area contributed by atoms with E-state index in [4.69, 9.17) is 0 Å². The fraction of sp³-hybridized carbons (Fsp3) is 0.389. The highest BCUT2D eigenvalue weighted by Gasteiger charge is 2.19. The van der Waals surface area contributed by atoms with E-state index in [9.17, 15) is 4.79 Å². The van der Waals surface area contributed by atoms with Gasteiger partial charge in [-0.05, 0) is 17.7 Å². The number of carbonyl (C=O) groups is 1. The summed E-state index contributed by atoms with van der Waals surface area (Å²) in [5.74, 6) is -0.0913. The fourth-order valence-corrected chi connectivity index (χ4v) is 3.26. The van der Waals surface area contributed by atoms with E-state index in [1.807, 2.05) is 36.0 Å². The Morgan fingerprint density at radius 3 is 3.00 bits per heavy atom. The van der Waals surface area contributed by atoms with Gasteiger partial charge < -0.3 is 15.0 Å².